The number of carboxylic acid groups (broad SMARTS) is 1. The fourth-order valence-corrected chi connectivity index (χ4v) is 5.54. The number of carbonyl (C=O) groups excluding carboxylic acids is 1. The van der Waals surface area contributed by atoms with Crippen molar-refractivity contribution >= 4 is 37.6 Å². The second-order valence-electron chi connectivity index (χ2n) is 8.26. The molecule has 1 aromatic carbocycles. The van der Waals surface area contributed by atoms with Crippen LogP contribution in [0.25, 0.3) is 0 Å². The molecule has 2 saturated heterocycles. The minimum Gasteiger partial charge on any atom is -0.481 e. The number of hydrogen-bond donors (Lipinski definition) is 2. The summed E-state index contributed by atoms with van der Waals surface area (Å²) >= 11 is 0. The number of carboxylic acids is 1. The highest BCUT2D eigenvalue weighted by atomic mass is 32.2. The van der Waals surface area contributed by atoms with Crippen molar-refractivity contribution in [1.29, 1.82) is 0 Å². The van der Waals surface area contributed by atoms with Crippen LogP contribution in [0.15, 0.2) is 24.3 Å². The summed E-state index contributed by atoms with van der Waals surface area (Å²) in [5, 5.41) is 11.3. The lowest BCUT2D eigenvalue weighted by molar-refractivity contribution is -0.142. The standard InChI is InChI=1S/C13H17FN2O3S.C7H13NO4S/c1-20(18,19)16-7-3-4-10(9-16)13(17)15-12-6-2-5-11(14)8-12;1-13(11,12)8-4-2-3-6(5-8)7(9)10/h2,5-6,8,10H,3-4,7,9H2,1H3,(H,15,17);6H,2-5H2,1H3,(H,9,10)/t10-;6-/m00/s1. The van der Waals surface area contributed by atoms with Gasteiger partial charge in [0.25, 0.3) is 0 Å². The van der Waals surface area contributed by atoms with Gasteiger partial charge in [0.05, 0.1) is 24.3 Å². The molecule has 2 N–H and O–H groups in total. The smallest absolute Gasteiger partial charge is 0.307 e. The fourth-order valence-electron chi connectivity index (χ4n) is 3.71. The van der Waals surface area contributed by atoms with Gasteiger partial charge in [-0.25, -0.2) is 29.8 Å². The van der Waals surface area contributed by atoms with E-state index in [1.54, 1.807) is 6.07 Å². The van der Waals surface area contributed by atoms with Gasteiger partial charge in [0.1, 0.15) is 5.82 Å². The molecule has 0 aliphatic carbocycles. The Kier molecular flexibility index (Phi) is 9.35. The number of nitrogens with zero attached hydrogens (tertiary/aromatic N) is 2. The van der Waals surface area contributed by atoms with Gasteiger partial charge in [-0.05, 0) is 43.9 Å². The van der Waals surface area contributed by atoms with Crippen LogP contribution in [0.4, 0.5) is 10.1 Å². The van der Waals surface area contributed by atoms with E-state index in [1.807, 2.05) is 0 Å². The monoisotopic (exact) mass is 507 g/mol. The molecule has 186 valence electrons. The predicted molar refractivity (Wildman–Crippen MR) is 121 cm³/mol. The van der Waals surface area contributed by atoms with E-state index in [0.29, 0.717) is 44.5 Å². The third kappa shape index (κ3) is 8.65. The maximum atomic E-state index is 13.0. The van der Waals surface area contributed by atoms with Crippen molar-refractivity contribution in [3.05, 3.63) is 30.1 Å². The first-order valence-corrected chi connectivity index (χ1v) is 14.2. The third-order valence-electron chi connectivity index (χ3n) is 5.52. The molecule has 2 fully saturated rings. The van der Waals surface area contributed by atoms with Crippen LogP contribution < -0.4 is 5.32 Å². The number of rotatable bonds is 5. The van der Waals surface area contributed by atoms with Crippen LogP contribution in [0.5, 0.6) is 0 Å². The van der Waals surface area contributed by atoms with Crippen molar-refractivity contribution < 1.29 is 35.9 Å². The Bertz CT molecular complexity index is 1060. The van der Waals surface area contributed by atoms with Gasteiger partial charge < -0.3 is 10.4 Å². The first kappa shape index (κ1) is 27.2. The maximum Gasteiger partial charge on any atom is 0.307 e. The van der Waals surface area contributed by atoms with Gasteiger partial charge in [-0.2, -0.15) is 0 Å². The van der Waals surface area contributed by atoms with Gasteiger partial charge in [0, 0.05) is 31.9 Å². The molecule has 1 amide bonds. The lowest BCUT2D eigenvalue weighted by atomic mass is 9.99. The summed E-state index contributed by atoms with van der Waals surface area (Å²) < 4.78 is 60.8. The van der Waals surface area contributed by atoms with E-state index in [0.717, 1.165) is 12.5 Å². The number of aliphatic carboxylic acids is 1. The molecule has 0 aromatic heterocycles. The van der Waals surface area contributed by atoms with E-state index in [9.17, 15) is 30.8 Å². The number of piperidine rings is 2. The summed E-state index contributed by atoms with van der Waals surface area (Å²) in [4.78, 5) is 22.7. The second-order valence-corrected chi connectivity index (χ2v) is 12.2. The van der Waals surface area contributed by atoms with Gasteiger partial charge in [-0.3, -0.25) is 9.59 Å². The molecule has 0 radical (unpaired) electrons. The first-order chi connectivity index (χ1) is 15.3. The fraction of sp³-hybridized carbons (Fsp3) is 0.600. The van der Waals surface area contributed by atoms with Gasteiger partial charge >= 0.3 is 5.97 Å². The number of carbonyl (C=O) groups is 2. The normalized spacial score (nSPS) is 22.6. The number of sulfonamides is 2. The topological polar surface area (TPSA) is 141 Å². The molecule has 0 unspecified atom stereocenters. The van der Waals surface area contributed by atoms with Gasteiger partial charge in [0.15, 0.2) is 0 Å². The Hall–Kier alpha value is -2.09. The van der Waals surface area contributed by atoms with E-state index in [4.69, 9.17) is 5.11 Å². The zero-order valence-corrected chi connectivity index (χ0v) is 20.2. The maximum absolute atomic E-state index is 13.0. The van der Waals surface area contributed by atoms with Gasteiger partial charge in [-0.15, -0.1) is 0 Å². The Morgan fingerprint density at radius 1 is 0.970 bits per heavy atom. The minimum absolute atomic E-state index is 0.119. The van der Waals surface area contributed by atoms with E-state index in [-0.39, 0.29) is 19.0 Å². The quantitative estimate of drug-likeness (QED) is 0.610. The number of amides is 1. The Morgan fingerprint density at radius 3 is 1.97 bits per heavy atom. The SMILES string of the molecule is CS(=O)(=O)N1CCC[C@H](C(=O)Nc2cccc(F)c2)C1.CS(=O)(=O)N1CCC[C@H](C(=O)O)C1. The molecule has 1 aromatic rings. The molecule has 13 heteroatoms. The zero-order chi connectivity index (χ0) is 24.8. The van der Waals surface area contributed by atoms with E-state index in [1.165, 1.54) is 26.8 Å². The molecular formula is C20H30FN3O7S2. The first-order valence-electron chi connectivity index (χ1n) is 10.5. The zero-order valence-electron chi connectivity index (χ0n) is 18.6. The molecule has 0 bridgehead atoms. The number of anilines is 1. The molecular weight excluding hydrogens is 477 g/mol. The van der Waals surface area contributed by atoms with E-state index >= 15 is 0 Å². The van der Waals surface area contributed by atoms with Crippen molar-refractivity contribution in [1.82, 2.24) is 8.61 Å². The van der Waals surface area contributed by atoms with Crippen molar-refractivity contribution in [3.8, 4) is 0 Å². The van der Waals surface area contributed by atoms with Gasteiger partial charge in [0.2, 0.25) is 26.0 Å². The Labute approximate surface area is 193 Å². The van der Waals surface area contributed by atoms with Crippen molar-refractivity contribution in [2.24, 2.45) is 11.8 Å². The predicted octanol–water partition coefficient (Wildman–Crippen LogP) is 1.18. The Morgan fingerprint density at radius 2 is 1.48 bits per heavy atom. The van der Waals surface area contributed by atoms with Crippen molar-refractivity contribution in [3.63, 3.8) is 0 Å². The number of nitrogens with one attached hydrogen (secondary N) is 1. The molecule has 33 heavy (non-hydrogen) atoms. The molecule has 3 rings (SSSR count). The van der Waals surface area contributed by atoms with Crippen LogP contribution >= 0.6 is 0 Å². The highest BCUT2D eigenvalue weighted by Crippen LogP contribution is 2.21. The summed E-state index contributed by atoms with van der Waals surface area (Å²) in [5.74, 6) is -2.55. The van der Waals surface area contributed by atoms with E-state index in [2.05, 4.69) is 5.32 Å². The van der Waals surface area contributed by atoms with Crippen molar-refractivity contribution in [2.45, 2.75) is 25.7 Å². The molecule has 0 saturated carbocycles. The molecule has 10 nitrogen and oxygen atoms in total. The summed E-state index contributed by atoms with van der Waals surface area (Å²) in [5.41, 5.74) is 0.381. The average molecular weight is 508 g/mol. The van der Waals surface area contributed by atoms with Crippen LogP contribution in [0.2, 0.25) is 0 Å². The summed E-state index contributed by atoms with van der Waals surface area (Å²) in [6.45, 7) is 1.19. The molecule has 0 spiro atoms. The molecule has 2 atom stereocenters. The number of hydrogen-bond acceptors (Lipinski definition) is 6. The van der Waals surface area contributed by atoms with E-state index < -0.39 is 43.7 Å². The number of benzene rings is 1. The minimum atomic E-state index is -3.28. The molecule has 2 aliphatic rings. The van der Waals surface area contributed by atoms with Crippen LogP contribution in [0.1, 0.15) is 25.7 Å². The lowest BCUT2D eigenvalue weighted by Gasteiger charge is -2.30. The largest absolute Gasteiger partial charge is 0.481 e. The third-order valence-corrected chi connectivity index (χ3v) is 8.06. The van der Waals surface area contributed by atoms with Crippen LogP contribution in [0.3, 0.4) is 0 Å². The lowest BCUT2D eigenvalue weighted by Crippen LogP contribution is -2.43. The summed E-state index contributed by atoms with van der Waals surface area (Å²) in [7, 11) is -6.50. The summed E-state index contributed by atoms with van der Waals surface area (Å²) in [6, 6.07) is 5.63. The Balaban J connectivity index is 0.000000257. The molecule has 2 heterocycles. The van der Waals surface area contributed by atoms with Crippen molar-refractivity contribution in [2.75, 3.05) is 44.0 Å². The summed E-state index contributed by atoms with van der Waals surface area (Å²) in [6.07, 6.45) is 4.73. The molecule has 2 aliphatic heterocycles. The number of halogens is 1. The van der Waals surface area contributed by atoms with Crippen LogP contribution in [-0.4, -0.2) is 81.1 Å². The second kappa shape index (κ2) is 11.4. The van der Waals surface area contributed by atoms with Crippen LogP contribution in [-0.2, 0) is 29.6 Å². The van der Waals surface area contributed by atoms with Gasteiger partial charge in [-0.1, -0.05) is 6.07 Å². The van der Waals surface area contributed by atoms with Crippen LogP contribution in [0, 0.1) is 17.7 Å². The highest BCUT2D eigenvalue weighted by Gasteiger charge is 2.31. The highest BCUT2D eigenvalue weighted by molar-refractivity contribution is 7.88. The average Bonchev–Trinajstić information content (AvgIpc) is 2.73.